The van der Waals surface area contributed by atoms with Crippen molar-refractivity contribution in [1.29, 1.82) is 0 Å². The maximum atomic E-state index is 4.90. The van der Waals surface area contributed by atoms with E-state index in [4.69, 9.17) is 6.58 Å². The Balaban J connectivity index is 1.08. The van der Waals surface area contributed by atoms with Crippen LogP contribution in [-0.4, -0.2) is 0 Å². The van der Waals surface area contributed by atoms with E-state index in [1.54, 1.807) is 0 Å². The minimum Gasteiger partial charge on any atom is -0.310 e. The molecule has 0 bridgehead atoms. The number of nitrogens with zero attached hydrogens (tertiary/aromatic N) is 2. The summed E-state index contributed by atoms with van der Waals surface area (Å²) in [5, 5.41) is 7.38. The first-order valence-electron chi connectivity index (χ1n) is 22.2. The van der Waals surface area contributed by atoms with E-state index >= 15 is 0 Å². The van der Waals surface area contributed by atoms with Gasteiger partial charge in [-0.3, -0.25) is 0 Å². The van der Waals surface area contributed by atoms with Gasteiger partial charge in [-0.05, 0) is 128 Å². The molecule has 0 spiro atoms. The lowest BCUT2D eigenvalue weighted by Gasteiger charge is -2.30. The number of anilines is 5. The molecule has 0 radical (unpaired) electrons. The van der Waals surface area contributed by atoms with Crippen LogP contribution in [-0.2, 0) is 10.8 Å². The molecule has 0 heterocycles. The third-order valence-corrected chi connectivity index (χ3v) is 13.9. The van der Waals surface area contributed by atoms with Gasteiger partial charge in [-0.15, -0.1) is 0 Å². The lowest BCUT2D eigenvalue weighted by atomic mass is 9.79. The van der Waals surface area contributed by atoms with Crippen molar-refractivity contribution in [1.82, 2.24) is 0 Å². The number of hydrogen-bond acceptors (Lipinski definition) is 2. The fraction of sp³-hybridized carbons (Fsp3) is 0.115. The lowest BCUT2D eigenvalue weighted by molar-refractivity contribution is 0.651. The Morgan fingerprint density at radius 3 is 1.62 bits per heavy atom. The molecule has 304 valence electrons. The molecule has 2 aliphatic rings. The van der Waals surface area contributed by atoms with Gasteiger partial charge in [0.1, 0.15) is 0 Å². The molecule has 2 nitrogen and oxygen atoms in total. The molecule has 63 heavy (non-hydrogen) atoms. The topological polar surface area (TPSA) is 6.48 Å². The molecule has 0 aromatic heterocycles. The Bertz CT molecular complexity index is 3360. The van der Waals surface area contributed by atoms with E-state index in [0.29, 0.717) is 0 Å². The fourth-order valence-electron chi connectivity index (χ4n) is 10.7. The van der Waals surface area contributed by atoms with E-state index in [1.165, 1.54) is 82.6 Å². The number of rotatable bonds is 7. The fourth-order valence-corrected chi connectivity index (χ4v) is 10.7. The van der Waals surface area contributed by atoms with Crippen LogP contribution in [0.5, 0.6) is 0 Å². The average Bonchev–Trinajstić information content (AvgIpc) is 3.66. The molecular weight excluding hydrogens is 761 g/mol. The van der Waals surface area contributed by atoms with Crippen molar-refractivity contribution in [3.8, 4) is 11.1 Å². The van der Waals surface area contributed by atoms with Crippen LogP contribution < -0.4 is 9.80 Å². The standard InChI is InChI=1S/C61H50N2/c1-7-43(62(44-26-10-8-11-27-44)56-34-20-24-41-22-14-16-30-46(41)56)36-52-40(2)50-37-54-51(38-53(50)60(52,3)4)59-49-33-19-18-32-48(49)58(39-55(59)61(54,5)6)63(45-28-12-9-13-29-45)57-35-21-25-42-23-15-17-31-47(42)57/h7-39H,2H2,1,3-6H3/b43-7+,52-36+. The second-order valence-electron chi connectivity index (χ2n) is 18.1. The van der Waals surface area contributed by atoms with Crippen molar-refractivity contribution in [3.05, 3.63) is 240 Å². The van der Waals surface area contributed by atoms with E-state index in [0.717, 1.165) is 28.3 Å². The Labute approximate surface area is 371 Å². The Kier molecular flexibility index (Phi) is 8.92. The lowest BCUT2D eigenvalue weighted by Crippen LogP contribution is -2.20. The van der Waals surface area contributed by atoms with Gasteiger partial charge in [-0.1, -0.05) is 174 Å². The highest BCUT2D eigenvalue weighted by Crippen LogP contribution is 2.59. The van der Waals surface area contributed by atoms with Crippen molar-refractivity contribution in [2.24, 2.45) is 0 Å². The number of fused-ring (bicyclic) bond motifs is 8. The third kappa shape index (κ3) is 5.93. The molecule has 9 aromatic rings. The van der Waals surface area contributed by atoms with Crippen LogP contribution >= 0.6 is 0 Å². The predicted molar refractivity (Wildman–Crippen MR) is 270 cm³/mol. The molecule has 2 aliphatic carbocycles. The smallest absolute Gasteiger partial charge is 0.0543 e. The van der Waals surface area contributed by atoms with Crippen LogP contribution in [0, 0.1) is 0 Å². The molecule has 9 aromatic carbocycles. The van der Waals surface area contributed by atoms with Crippen LogP contribution in [0.2, 0.25) is 0 Å². The van der Waals surface area contributed by atoms with Gasteiger partial charge >= 0.3 is 0 Å². The van der Waals surface area contributed by atoms with Gasteiger partial charge < -0.3 is 9.80 Å². The molecule has 0 unspecified atom stereocenters. The van der Waals surface area contributed by atoms with E-state index in [2.05, 4.69) is 245 Å². The molecule has 2 heteroatoms. The first-order chi connectivity index (χ1) is 30.7. The first-order valence-corrected chi connectivity index (χ1v) is 22.2. The zero-order valence-corrected chi connectivity index (χ0v) is 36.7. The molecule has 0 fully saturated rings. The first kappa shape index (κ1) is 38.5. The number of para-hydroxylation sites is 2. The summed E-state index contributed by atoms with van der Waals surface area (Å²) >= 11 is 0. The SMILES string of the molecule is C=C1/C(=C\C(=C/C)N(c2ccccc2)c2cccc3ccccc23)C(C)(C)c2cc3c(cc21)C(C)(C)c1cc(N(c2ccccc2)c2cccc4ccccc24)c2ccccc2c1-3. The summed E-state index contributed by atoms with van der Waals surface area (Å²) in [7, 11) is 0. The second kappa shape index (κ2) is 14.6. The van der Waals surface area contributed by atoms with Crippen molar-refractivity contribution < 1.29 is 0 Å². The molecule has 0 atom stereocenters. The quantitative estimate of drug-likeness (QED) is 0.158. The molecular formula is C61H50N2. The van der Waals surface area contributed by atoms with Gasteiger partial charge in [-0.2, -0.15) is 0 Å². The van der Waals surface area contributed by atoms with Crippen molar-refractivity contribution in [3.63, 3.8) is 0 Å². The summed E-state index contributed by atoms with van der Waals surface area (Å²) in [5.74, 6) is 0. The molecule has 0 aliphatic heterocycles. The van der Waals surface area contributed by atoms with E-state index < -0.39 is 0 Å². The van der Waals surface area contributed by atoms with E-state index in [9.17, 15) is 0 Å². The van der Waals surface area contributed by atoms with Crippen LogP contribution in [0.1, 0.15) is 56.9 Å². The summed E-state index contributed by atoms with van der Waals surface area (Å²) in [5.41, 5.74) is 16.5. The van der Waals surface area contributed by atoms with Gasteiger partial charge in [0.05, 0.1) is 17.1 Å². The van der Waals surface area contributed by atoms with Gasteiger partial charge in [0.2, 0.25) is 0 Å². The van der Waals surface area contributed by atoms with Crippen molar-refractivity contribution >= 4 is 66.3 Å². The maximum absolute atomic E-state index is 4.90. The number of allylic oxidation sites excluding steroid dienone is 4. The average molecular weight is 811 g/mol. The Morgan fingerprint density at radius 2 is 0.968 bits per heavy atom. The van der Waals surface area contributed by atoms with Gasteiger partial charge in [0.15, 0.2) is 0 Å². The van der Waals surface area contributed by atoms with Crippen molar-refractivity contribution in [2.75, 3.05) is 9.80 Å². The summed E-state index contributed by atoms with van der Waals surface area (Å²) in [4.78, 5) is 4.88. The molecule has 0 saturated heterocycles. The highest BCUT2D eigenvalue weighted by atomic mass is 15.2. The van der Waals surface area contributed by atoms with Crippen molar-refractivity contribution in [2.45, 2.75) is 45.4 Å². The second-order valence-corrected chi connectivity index (χ2v) is 18.1. The van der Waals surface area contributed by atoms with Crippen LogP contribution in [0.15, 0.2) is 218 Å². The monoisotopic (exact) mass is 810 g/mol. The summed E-state index contributed by atoms with van der Waals surface area (Å²) in [6.07, 6.45) is 4.64. The summed E-state index contributed by atoms with van der Waals surface area (Å²) in [6.45, 7) is 16.6. The number of hydrogen-bond donors (Lipinski definition) is 0. The zero-order valence-electron chi connectivity index (χ0n) is 36.7. The third-order valence-electron chi connectivity index (χ3n) is 13.9. The van der Waals surface area contributed by atoms with Crippen LogP contribution in [0.4, 0.5) is 28.4 Å². The molecule has 11 rings (SSSR count). The van der Waals surface area contributed by atoms with Gasteiger partial charge in [0.25, 0.3) is 0 Å². The van der Waals surface area contributed by atoms with Gasteiger partial charge in [0, 0.05) is 44.1 Å². The largest absolute Gasteiger partial charge is 0.310 e. The van der Waals surface area contributed by atoms with E-state index in [-0.39, 0.29) is 10.8 Å². The minimum atomic E-state index is -0.308. The van der Waals surface area contributed by atoms with Crippen LogP contribution in [0.25, 0.3) is 49.0 Å². The molecule has 0 amide bonds. The Hall–Kier alpha value is -7.42. The van der Waals surface area contributed by atoms with Crippen LogP contribution in [0.3, 0.4) is 0 Å². The maximum Gasteiger partial charge on any atom is 0.0543 e. The Morgan fingerprint density at radius 1 is 0.460 bits per heavy atom. The van der Waals surface area contributed by atoms with E-state index in [1.807, 2.05) is 0 Å². The minimum absolute atomic E-state index is 0.274. The summed E-state index contributed by atoms with van der Waals surface area (Å²) < 4.78 is 0. The molecule has 0 saturated carbocycles. The predicted octanol–water partition coefficient (Wildman–Crippen LogP) is 16.9. The van der Waals surface area contributed by atoms with Gasteiger partial charge in [-0.25, -0.2) is 0 Å². The number of benzene rings is 9. The highest BCUT2D eigenvalue weighted by Gasteiger charge is 2.44. The summed E-state index contributed by atoms with van der Waals surface area (Å²) in [6, 6.07) is 68.8. The molecule has 0 N–H and O–H groups in total. The zero-order chi connectivity index (χ0) is 43.0. The highest BCUT2D eigenvalue weighted by molar-refractivity contribution is 6.12. The normalized spacial score (nSPS) is 15.5.